The number of carbonyl (C=O) groups excluding carboxylic acids is 1. The van der Waals surface area contributed by atoms with Crippen molar-refractivity contribution in [3.63, 3.8) is 0 Å². The molecule has 5 nitrogen and oxygen atoms in total. The lowest BCUT2D eigenvalue weighted by atomic mass is 10.2. The van der Waals surface area contributed by atoms with Crippen molar-refractivity contribution < 1.29 is 4.79 Å². The van der Waals surface area contributed by atoms with E-state index in [-0.39, 0.29) is 5.91 Å². The molecule has 1 unspecified atom stereocenters. The SMILES string of the molecule is CNC(=O)c1cccnc1NC1CCN(c2ccccc2)C1. The topological polar surface area (TPSA) is 57.3 Å². The van der Waals surface area contributed by atoms with Gasteiger partial charge in [0.25, 0.3) is 5.91 Å². The summed E-state index contributed by atoms with van der Waals surface area (Å²) in [6, 6.07) is 14.2. The number of para-hydroxylation sites is 1. The van der Waals surface area contributed by atoms with Crippen LogP contribution < -0.4 is 15.5 Å². The van der Waals surface area contributed by atoms with Gasteiger partial charge in [0, 0.05) is 38.1 Å². The molecule has 0 bridgehead atoms. The van der Waals surface area contributed by atoms with Crippen LogP contribution in [0.1, 0.15) is 16.8 Å². The summed E-state index contributed by atoms with van der Waals surface area (Å²) in [4.78, 5) is 18.6. The van der Waals surface area contributed by atoms with Gasteiger partial charge in [0.2, 0.25) is 0 Å². The lowest BCUT2D eigenvalue weighted by Crippen LogP contribution is -2.28. The van der Waals surface area contributed by atoms with Gasteiger partial charge in [0.05, 0.1) is 5.56 Å². The van der Waals surface area contributed by atoms with Gasteiger partial charge in [0.1, 0.15) is 5.82 Å². The molecule has 5 heteroatoms. The van der Waals surface area contributed by atoms with E-state index in [1.807, 2.05) is 6.07 Å². The van der Waals surface area contributed by atoms with E-state index in [0.717, 1.165) is 19.5 Å². The Morgan fingerprint density at radius 1 is 1.23 bits per heavy atom. The fourth-order valence-electron chi connectivity index (χ4n) is 2.78. The van der Waals surface area contributed by atoms with E-state index in [1.165, 1.54) is 5.69 Å². The maximum absolute atomic E-state index is 11.9. The number of carbonyl (C=O) groups is 1. The minimum absolute atomic E-state index is 0.117. The third kappa shape index (κ3) is 3.03. The largest absolute Gasteiger partial charge is 0.369 e. The van der Waals surface area contributed by atoms with Gasteiger partial charge in [-0.25, -0.2) is 4.98 Å². The van der Waals surface area contributed by atoms with Crippen LogP contribution in [0.25, 0.3) is 0 Å². The highest BCUT2D eigenvalue weighted by atomic mass is 16.1. The number of pyridine rings is 1. The molecule has 2 aromatic rings. The number of rotatable bonds is 4. The summed E-state index contributed by atoms with van der Waals surface area (Å²) in [5.41, 5.74) is 1.82. The van der Waals surface area contributed by atoms with Crippen molar-refractivity contribution in [2.45, 2.75) is 12.5 Å². The molecular weight excluding hydrogens is 276 g/mol. The Balaban J connectivity index is 1.69. The number of nitrogens with zero attached hydrogens (tertiary/aromatic N) is 2. The maximum atomic E-state index is 11.9. The number of benzene rings is 1. The second-order valence-electron chi connectivity index (χ2n) is 5.39. The summed E-state index contributed by atoms with van der Waals surface area (Å²) < 4.78 is 0. The molecule has 0 radical (unpaired) electrons. The smallest absolute Gasteiger partial charge is 0.254 e. The number of aromatic nitrogens is 1. The van der Waals surface area contributed by atoms with Crippen molar-refractivity contribution in [3.8, 4) is 0 Å². The molecule has 1 atom stereocenters. The molecule has 1 aliphatic heterocycles. The first-order chi connectivity index (χ1) is 10.8. The summed E-state index contributed by atoms with van der Waals surface area (Å²) in [6.07, 6.45) is 2.73. The van der Waals surface area contributed by atoms with Gasteiger partial charge in [-0.15, -0.1) is 0 Å². The summed E-state index contributed by atoms with van der Waals surface area (Å²) >= 11 is 0. The average molecular weight is 296 g/mol. The molecular formula is C17H20N4O. The third-order valence-corrected chi connectivity index (χ3v) is 3.93. The van der Waals surface area contributed by atoms with Gasteiger partial charge >= 0.3 is 0 Å². The first-order valence-electron chi connectivity index (χ1n) is 7.51. The van der Waals surface area contributed by atoms with Crippen LogP contribution in [0.5, 0.6) is 0 Å². The Kier molecular flexibility index (Phi) is 4.23. The van der Waals surface area contributed by atoms with E-state index in [9.17, 15) is 4.79 Å². The number of hydrogen-bond acceptors (Lipinski definition) is 4. The molecule has 1 aromatic heterocycles. The Labute approximate surface area is 130 Å². The van der Waals surface area contributed by atoms with Gasteiger partial charge in [0.15, 0.2) is 0 Å². The molecule has 1 fully saturated rings. The summed E-state index contributed by atoms with van der Waals surface area (Å²) in [5, 5.41) is 6.06. The van der Waals surface area contributed by atoms with Crippen molar-refractivity contribution in [1.82, 2.24) is 10.3 Å². The van der Waals surface area contributed by atoms with Crippen molar-refractivity contribution in [2.24, 2.45) is 0 Å². The van der Waals surface area contributed by atoms with E-state index in [2.05, 4.69) is 44.8 Å². The second kappa shape index (κ2) is 6.47. The highest BCUT2D eigenvalue weighted by Crippen LogP contribution is 2.22. The molecule has 0 spiro atoms. The number of hydrogen-bond donors (Lipinski definition) is 2. The Hall–Kier alpha value is -2.56. The minimum Gasteiger partial charge on any atom is -0.369 e. The predicted octanol–water partition coefficient (Wildman–Crippen LogP) is 2.13. The molecule has 1 saturated heterocycles. The van der Waals surface area contributed by atoms with E-state index >= 15 is 0 Å². The molecule has 0 aliphatic carbocycles. The van der Waals surface area contributed by atoms with Crippen LogP contribution in [0.3, 0.4) is 0 Å². The molecule has 2 heterocycles. The van der Waals surface area contributed by atoms with E-state index < -0.39 is 0 Å². The molecule has 1 aliphatic rings. The van der Waals surface area contributed by atoms with Crippen LogP contribution in [0.2, 0.25) is 0 Å². The van der Waals surface area contributed by atoms with E-state index in [4.69, 9.17) is 0 Å². The van der Waals surface area contributed by atoms with E-state index in [0.29, 0.717) is 17.4 Å². The second-order valence-corrected chi connectivity index (χ2v) is 5.39. The highest BCUT2D eigenvalue weighted by Gasteiger charge is 2.24. The first kappa shape index (κ1) is 14.4. The van der Waals surface area contributed by atoms with Gasteiger partial charge in [-0.3, -0.25) is 4.79 Å². The molecule has 1 aromatic carbocycles. The van der Waals surface area contributed by atoms with Crippen LogP contribution in [-0.4, -0.2) is 37.1 Å². The molecule has 0 saturated carbocycles. The zero-order chi connectivity index (χ0) is 15.4. The monoisotopic (exact) mass is 296 g/mol. The zero-order valence-corrected chi connectivity index (χ0v) is 12.6. The Morgan fingerprint density at radius 2 is 2.05 bits per heavy atom. The summed E-state index contributed by atoms with van der Waals surface area (Å²) in [5.74, 6) is 0.537. The zero-order valence-electron chi connectivity index (χ0n) is 12.6. The summed E-state index contributed by atoms with van der Waals surface area (Å²) in [7, 11) is 1.63. The summed E-state index contributed by atoms with van der Waals surface area (Å²) in [6.45, 7) is 1.91. The number of anilines is 2. The fourth-order valence-corrected chi connectivity index (χ4v) is 2.78. The minimum atomic E-state index is -0.117. The van der Waals surface area contributed by atoms with Gasteiger partial charge in [-0.1, -0.05) is 18.2 Å². The quantitative estimate of drug-likeness (QED) is 0.907. The molecule has 3 rings (SSSR count). The van der Waals surface area contributed by atoms with Crippen molar-refractivity contribution in [3.05, 3.63) is 54.2 Å². The van der Waals surface area contributed by atoms with Gasteiger partial charge in [-0.2, -0.15) is 0 Å². The lowest BCUT2D eigenvalue weighted by molar-refractivity contribution is 0.0963. The highest BCUT2D eigenvalue weighted by molar-refractivity contribution is 5.98. The van der Waals surface area contributed by atoms with Crippen LogP contribution in [0.4, 0.5) is 11.5 Å². The van der Waals surface area contributed by atoms with E-state index in [1.54, 1.807) is 25.4 Å². The maximum Gasteiger partial charge on any atom is 0.254 e. The van der Waals surface area contributed by atoms with Gasteiger partial charge < -0.3 is 15.5 Å². The number of amides is 1. The van der Waals surface area contributed by atoms with Crippen molar-refractivity contribution >= 4 is 17.4 Å². The first-order valence-corrected chi connectivity index (χ1v) is 7.51. The standard InChI is InChI=1S/C17H20N4O/c1-18-17(22)15-8-5-10-19-16(15)20-13-9-11-21(12-13)14-6-3-2-4-7-14/h2-8,10,13H,9,11-12H2,1H3,(H,18,22)(H,19,20). The number of nitrogens with one attached hydrogen (secondary N) is 2. The fraction of sp³-hybridized carbons (Fsp3) is 0.294. The van der Waals surface area contributed by atoms with Crippen molar-refractivity contribution in [2.75, 3.05) is 30.4 Å². The molecule has 22 heavy (non-hydrogen) atoms. The Bertz CT molecular complexity index is 644. The predicted molar refractivity (Wildman–Crippen MR) is 88.3 cm³/mol. The average Bonchev–Trinajstić information content (AvgIpc) is 3.04. The Morgan fingerprint density at radius 3 is 2.82 bits per heavy atom. The normalized spacial score (nSPS) is 17.3. The molecule has 114 valence electrons. The molecule has 1 amide bonds. The van der Waals surface area contributed by atoms with Crippen LogP contribution >= 0.6 is 0 Å². The third-order valence-electron chi connectivity index (χ3n) is 3.93. The molecule has 2 N–H and O–H groups in total. The van der Waals surface area contributed by atoms with Crippen LogP contribution in [0.15, 0.2) is 48.7 Å². The van der Waals surface area contributed by atoms with Crippen molar-refractivity contribution in [1.29, 1.82) is 0 Å². The lowest BCUT2D eigenvalue weighted by Gasteiger charge is -2.19. The van der Waals surface area contributed by atoms with Crippen LogP contribution in [0, 0.1) is 0 Å². The van der Waals surface area contributed by atoms with Gasteiger partial charge in [-0.05, 0) is 30.7 Å². The van der Waals surface area contributed by atoms with Crippen LogP contribution in [-0.2, 0) is 0 Å².